The maximum Gasteiger partial charge on any atom is 0.227 e. The molecule has 1 amide bonds. The van der Waals surface area contributed by atoms with Gasteiger partial charge >= 0.3 is 0 Å². The number of carbonyl (C=O) groups is 1. The molecule has 1 saturated heterocycles. The number of piperidine rings is 1. The van der Waals surface area contributed by atoms with Gasteiger partial charge in [0, 0.05) is 13.7 Å². The van der Waals surface area contributed by atoms with Gasteiger partial charge in [-0.3, -0.25) is 4.79 Å². The van der Waals surface area contributed by atoms with Gasteiger partial charge in [0.15, 0.2) is 0 Å². The second-order valence-corrected chi connectivity index (χ2v) is 5.26. The van der Waals surface area contributed by atoms with Crippen LogP contribution in [0.4, 0.5) is 0 Å². The first-order chi connectivity index (χ1) is 8.12. The molecule has 1 fully saturated rings. The number of hydrogen-bond acceptors (Lipinski definition) is 3. The average molecular weight is 242 g/mol. The van der Waals surface area contributed by atoms with Gasteiger partial charge in [-0.2, -0.15) is 0 Å². The molecule has 2 atom stereocenters. The van der Waals surface area contributed by atoms with Crippen LogP contribution in [0.3, 0.4) is 0 Å². The van der Waals surface area contributed by atoms with Crippen LogP contribution in [-0.2, 0) is 9.53 Å². The fourth-order valence-electron chi connectivity index (χ4n) is 2.36. The van der Waals surface area contributed by atoms with E-state index in [0.29, 0.717) is 6.61 Å². The van der Waals surface area contributed by atoms with E-state index in [1.54, 1.807) is 7.11 Å². The molecule has 2 unspecified atom stereocenters. The number of nitrogens with one attached hydrogen (secondary N) is 2. The summed E-state index contributed by atoms with van der Waals surface area (Å²) in [6.45, 7) is 6.58. The number of methoxy groups -OCH3 is 1. The van der Waals surface area contributed by atoms with Crippen molar-refractivity contribution in [2.45, 2.75) is 45.6 Å². The highest BCUT2D eigenvalue weighted by atomic mass is 16.5. The van der Waals surface area contributed by atoms with E-state index < -0.39 is 0 Å². The Hall–Kier alpha value is -0.610. The molecule has 0 saturated carbocycles. The molecule has 0 aromatic rings. The minimum atomic E-state index is -0.252. The zero-order valence-electron chi connectivity index (χ0n) is 11.3. The van der Waals surface area contributed by atoms with Gasteiger partial charge in [-0.1, -0.05) is 13.3 Å². The van der Waals surface area contributed by atoms with E-state index in [9.17, 15) is 4.79 Å². The lowest BCUT2D eigenvalue weighted by atomic mass is 9.81. The summed E-state index contributed by atoms with van der Waals surface area (Å²) in [6.07, 6.45) is 4.08. The van der Waals surface area contributed by atoms with Gasteiger partial charge < -0.3 is 15.4 Å². The second kappa shape index (κ2) is 6.97. The molecule has 1 heterocycles. The predicted octanol–water partition coefficient (Wildman–Crippen LogP) is 1.31. The average Bonchev–Trinajstić information content (AvgIpc) is 2.30. The van der Waals surface area contributed by atoms with Crippen LogP contribution in [0.5, 0.6) is 0 Å². The van der Waals surface area contributed by atoms with E-state index in [1.807, 2.05) is 6.92 Å². The lowest BCUT2D eigenvalue weighted by Crippen LogP contribution is -2.52. The fourth-order valence-corrected chi connectivity index (χ4v) is 2.36. The Balaban J connectivity index is 2.49. The van der Waals surface area contributed by atoms with Gasteiger partial charge in [-0.25, -0.2) is 0 Å². The first-order valence-corrected chi connectivity index (χ1v) is 6.63. The van der Waals surface area contributed by atoms with Crippen molar-refractivity contribution in [1.29, 1.82) is 0 Å². The maximum absolute atomic E-state index is 12.3. The van der Waals surface area contributed by atoms with Crippen LogP contribution in [0.15, 0.2) is 0 Å². The number of amides is 1. The number of hydrogen-bond donors (Lipinski definition) is 2. The number of rotatable bonds is 6. The van der Waals surface area contributed by atoms with Crippen LogP contribution < -0.4 is 10.6 Å². The van der Waals surface area contributed by atoms with Crippen molar-refractivity contribution in [2.24, 2.45) is 5.41 Å². The number of ether oxygens (including phenoxy) is 1. The topological polar surface area (TPSA) is 50.4 Å². The van der Waals surface area contributed by atoms with Crippen molar-refractivity contribution in [3.8, 4) is 0 Å². The quantitative estimate of drug-likeness (QED) is 0.738. The highest BCUT2D eigenvalue weighted by Crippen LogP contribution is 2.25. The molecule has 0 radical (unpaired) electrons. The van der Waals surface area contributed by atoms with Crippen LogP contribution in [0.2, 0.25) is 0 Å². The Morgan fingerprint density at radius 3 is 2.88 bits per heavy atom. The minimum Gasteiger partial charge on any atom is -0.383 e. The summed E-state index contributed by atoms with van der Waals surface area (Å²) in [7, 11) is 1.68. The second-order valence-electron chi connectivity index (χ2n) is 5.26. The third kappa shape index (κ3) is 4.28. The summed E-state index contributed by atoms with van der Waals surface area (Å²) >= 11 is 0. The molecule has 0 aliphatic carbocycles. The monoisotopic (exact) mass is 242 g/mol. The molecule has 0 spiro atoms. The lowest BCUT2D eigenvalue weighted by molar-refractivity contribution is -0.132. The van der Waals surface area contributed by atoms with Crippen molar-refractivity contribution in [1.82, 2.24) is 10.6 Å². The molecule has 4 nitrogen and oxygen atoms in total. The fraction of sp³-hybridized carbons (Fsp3) is 0.923. The molecule has 100 valence electrons. The standard InChI is InChI=1S/C13H26N2O2/c1-4-6-11(9-17-3)15-12(16)13(2)7-5-8-14-10-13/h11,14H,4-10H2,1-3H3,(H,15,16). The molecular weight excluding hydrogens is 216 g/mol. The molecule has 0 aromatic heterocycles. The van der Waals surface area contributed by atoms with Crippen molar-refractivity contribution < 1.29 is 9.53 Å². The predicted molar refractivity (Wildman–Crippen MR) is 68.9 cm³/mol. The minimum absolute atomic E-state index is 0.149. The van der Waals surface area contributed by atoms with Gasteiger partial charge in [-0.15, -0.1) is 0 Å². The van der Waals surface area contributed by atoms with E-state index in [4.69, 9.17) is 4.74 Å². The van der Waals surface area contributed by atoms with E-state index in [1.165, 1.54) is 0 Å². The third-order valence-corrected chi connectivity index (χ3v) is 3.49. The lowest BCUT2D eigenvalue weighted by Gasteiger charge is -2.34. The van der Waals surface area contributed by atoms with E-state index >= 15 is 0 Å². The summed E-state index contributed by atoms with van der Waals surface area (Å²) in [6, 6.07) is 0.149. The molecule has 1 aliphatic rings. The van der Waals surface area contributed by atoms with Crippen LogP contribution in [0, 0.1) is 5.41 Å². The SMILES string of the molecule is CCCC(COC)NC(=O)C1(C)CCCNC1. The first-order valence-electron chi connectivity index (χ1n) is 6.63. The van der Waals surface area contributed by atoms with Gasteiger partial charge in [0.1, 0.15) is 0 Å². The highest BCUT2D eigenvalue weighted by Gasteiger charge is 2.35. The maximum atomic E-state index is 12.3. The Morgan fingerprint density at radius 1 is 1.59 bits per heavy atom. The summed E-state index contributed by atoms with van der Waals surface area (Å²) in [4.78, 5) is 12.3. The number of carbonyl (C=O) groups excluding carboxylic acids is 1. The largest absolute Gasteiger partial charge is 0.383 e. The van der Waals surface area contributed by atoms with Crippen LogP contribution in [0.25, 0.3) is 0 Å². The van der Waals surface area contributed by atoms with Gasteiger partial charge in [-0.05, 0) is 32.7 Å². The van der Waals surface area contributed by atoms with E-state index in [2.05, 4.69) is 17.6 Å². The molecule has 0 bridgehead atoms. The molecule has 1 aliphatic heterocycles. The van der Waals surface area contributed by atoms with Crippen molar-refractivity contribution in [2.75, 3.05) is 26.8 Å². The van der Waals surface area contributed by atoms with Gasteiger partial charge in [0.2, 0.25) is 5.91 Å². The van der Waals surface area contributed by atoms with Crippen molar-refractivity contribution >= 4 is 5.91 Å². The van der Waals surface area contributed by atoms with Crippen LogP contribution >= 0.6 is 0 Å². The highest BCUT2D eigenvalue weighted by molar-refractivity contribution is 5.82. The van der Waals surface area contributed by atoms with Crippen molar-refractivity contribution in [3.63, 3.8) is 0 Å². The third-order valence-electron chi connectivity index (χ3n) is 3.49. The first kappa shape index (κ1) is 14.5. The van der Waals surface area contributed by atoms with Crippen molar-refractivity contribution in [3.05, 3.63) is 0 Å². The molecule has 4 heteroatoms. The smallest absolute Gasteiger partial charge is 0.227 e. The Kier molecular flexibility index (Phi) is 5.92. The van der Waals surface area contributed by atoms with E-state index in [0.717, 1.165) is 38.8 Å². The molecule has 17 heavy (non-hydrogen) atoms. The van der Waals surface area contributed by atoms with Gasteiger partial charge in [0.05, 0.1) is 18.1 Å². The molecule has 1 rings (SSSR count). The van der Waals surface area contributed by atoms with Gasteiger partial charge in [0.25, 0.3) is 0 Å². The summed E-state index contributed by atoms with van der Waals surface area (Å²) in [5.74, 6) is 0.167. The normalized spacial score (nSPS) is 26.5. The summed E-state index contributed by atoms with van der Waals surface area (Å²) in [5, 5.41) is 6.43. The van der Waals surface area contributed by atoms with Crippen LogP contribution in [0.1, 0.15) is 39.5 Å². The molecule has 2 N–H and O–H groups in total. The zero-order valence-corrected chi connectivity index (χ0v) is 11.3. The summed E-state index contributed by atoms with van der Waals surface area (Å²) in [5.41, 5.74) is -0.252. The molecular formula is C13H26N2O2. The molecule has 0 aromatic carbocycles. The Morgan fingerprint density at radius 2 is 2.35 bits per heavy atom. The summed E-state index contributed by atoms with van der Waals surface area (Å²) < 4.78 is 5.15. The van der Waals surface area contributed by atoms with Crippen LogP contribution in [-0.4, -0.2) is 38.8 Å². The zero-order chi connectivity index (χ0) is 12.7. The Labute approximate surface area is 104 Å². The van der Waals surface area contributed by atoms with E-state index in [-0.39, 0.29) is 17.4 Å². The Bertz CT molecular complexity index is 232.